The summed E-state index contributed by atoms with van der Waals surface area (Å²) >= 11 is 1.29. The second-order valence-electron chi connectivity index (χ2n) is 6.64. The van der Waals surface area contributed by atoms with Gasteiger partial charge in [-0.3, -0.25) is 4.79 Å². The Morgan fingerprint density at radius 1 is 1.24 bits per heavy atom. The highest BCUT2D eigenvalue weighted by Gasteiger charge is 2.25. The number of hydrogen-bond donors (Lipinski definition) is 0. The van der Waals surface area contributed by atoms with E-state index in [0.29, 0.717) is 28.7 Å². The first-order chi connectivity index (χ1) is 12.0. The molecule has 1 saturated heterocycles. The number of nitrogens with zero attached hydrogens (tertiary/aromatic N) is 3. The highest BCUT2D eigenvalue weighted by atomic mass is 32.2. The van der Waals surface area contributed by atoms with Crippen LogP contribution in [0.5, 0.6) is 5.75 Å². The molecule has 1 aromatic carbocycles. The number of methoxy groups -OCH3 is 1. The molecule has 7 heteroatoms. The minimum atomic E-state index is 0.132. The highest BCUT2D eigenvalue weighted by molar-refractivity contribution is 7.99. The Morgan fingerprint density at radius 3 is 2.56 bits per heavy atom. The van der Waals surface area contributed by atoms with Gasteiger partial charge in [0.05, 0.1) is 12.9 Å². The van der Waals surface area contributed by atoms with Gasteiger partial charge in [0.2, 0.25) is 11.8 Å². The highest BCUT2D eigenvalue weighted by Crippen LogP contribution is 2.26. The molecule has 2 heterocycles. The molecule has 1 amide bonds. The number of rotatable bonds is 5. The molecule has 6 nitrogen and oxygen atoms in total. The Kier molecular flexibility index (Phi) is 5.63. The number of hydrogen-bond acceptors (Lipinski definition) is 6. The van der Waals surface area contributed by atoms with Crippen molar-refractivity contribution in [2.75, 3.05) is 26.0 Å². The first kappa shape index (κ1) is 17.8. The molecule has 1 fully saturated rings. The van der Waals surface area contributed by atoms with Gasteiger partial charge in [0.15, 0.2) is 0 Å². The molecule has 134 valence electrons. The number of likely N-dealkylation sites (tertiary alicyclic amines) is 1. The predicted octanol–water partition coefficient (Wildman–Crippen LogP) is 3.34. The number of carbonyl (C=O) groups is 1. The minimum absolute atomic E-state index is 0.132. The zero-order valence-electron chi connectivity index (χ0n) is 14.8. The Bertz CT molecular complexity index is 707. The average Bonchev–Trinajstić information content (AvgIpc) is 3.08. The third kappa shape index (κ3) is 4.54. The van der Waals surface area contributed by atoms with E-state index in [1.165, 1.54) is 18.2 Å². The molecular weight excluding hydrogens is 338 g/mol. The molecule has 0 N–H and O–H groups in total. The number of benzene rings is 1. The van der Waals surface area contributed by atoms with Gasteiger partial charge in [0.25, 0.3) is 5.22 Å². The van der Waals surface area contributed by atoms with Crippen LogP contribution in [0.4, 0.5) is 0 Å². The van der Waals surface area contributed by atoms with Crippen molar-refractivity contribution >= 4 is 17.7 Å². The maximum Gasteiger partial charge on any atom is 0.277 e. The van der Waals surface area contributed by atoms with E-state index < -0.39 is 0 Å². The van der Waals surface area contributed by atoms with Crippen LogP contribution < -0.4 is 4.74 Å². The maximum atomic E-state index is 12.4. The number of amides is 1. The molecule has 3 rings (SSSR count). The Balaban J connectivity index is 1.57. The van der Waals surface area contributed by atoms with E-state index in [0.717, 1.165) is 24.4 Å². The second-order valence-corrected chi connectivity index (χ2v) is 7.56. The van der Waals surface area contributed by atoms with Crippen molar-refractivity contribution in [1.29, 1.82) is 0 Å². The average molecular weight is 361 g/mol. The van der Waals surface area contributed by atoms with E-state index in [9.17, 15) is 4.79 Å². The summed E-state index contributed by atoms with van der Waals surface area (Å²) in [7, 11) is 1.62. The van der Waals surface area contributed by atoms with Gasteiger partial charge in [-0.25, -0.2) is 0 Å². The number of thioether (sulfide) groups is 1. The summed E-state index contributed by atoms with van der Waals surface area (Å²) in [6.07, 6.45) is 1.19. The Labute approximate surface area is 151 Å². The van der Waals surface area contributed by atoms with Gasteiger partial charge in [-0.05, 0) is 42.5 Å². The lowest BCUT2D eigenvalue weighted by Crippen LogP contribution is -2.43. The van der Waals surface area contributed by atoms with Crippen molar-refractivity contribution in [2.45, 2.75) is 25.5 Å². The van der Waals surface area contributed by atoms with Crippen LogP contribution in [0.15, 0.2) is 33.9 Å². The van der Waals surface area contributed by atoms with Gasteiger partial charge in [-0.2, -0.15) is 0 Å². The van der Waals surface area contributed by atoms with Crippen LogP contribution in [-0.2, 0) is 4.79 Å². The normalized spacial score (nSPS) is 20.5. The fourth-order valence-corrected chi connectivity index (χ4v) is 3.87. The molecule has 0 spiro atoms. The van der Waals surface area contributed by atoms with E-state index in [4.69, 9.17) is 9.15 Å². The number of piperidine rings is 1. The van der Waals surface area contributed by atoms with Gasteiger partial charge in [0, 0.05) is 18.7 Å². The topological polar surface area (TPSA) is 68.5 Å². The standard InChI is InChI=1S/C18H23N3O3S/c1-12-8-13(2)10-21(9-12)16(22)11-25-18-20-19-17(24-18)14-4-6-15(23-3)7-5-14/h4-7,12-13H,8-11H2,1-3H3/t12-,13+. The van der Waals surface area contributed by atoms with Crippen molar-refractivity contribution in [3.05, 3.63) is 24.3 Å². The van der Waals surface area contributed by atoms with Gasteiger partial charge in [-0.1, -0.05) is 25.6 Å². The third-order valence-corrected chi connectivity index (χ3v) is 5.09. The van der Waals surface area contributed by atoms with E-state index in [1.54, 1.807) is 7.11 Å². The number of aromatic nitrogens is 2. The summed E-state index contributed by atoms with van der Waals surface area (Å²) < 4.78 is 10.8. The number of carbonyl (C=O) groups excluding carboxylic acids is 1. The Morgan fingerprint density at radius 2 is 1.92 bits per heavy atom. The monoisotopic (exact) mass is 361 g/mol. The van der Waals surface area contributed by atoms with Crippen molar-refractivity contribution < 1.29 is 13.9 Å². The number of ether oxygens (including phenoxy) is 1. The van der Waals surface area contributed by atoms with Crippen molar-refractivity contribution in [2.24, 2.45) is 11.8 Å². The van der Waals surface area contributed by atoms with Crippen LogP contribution in [0, 0.1) is 11.8 Å². The first-order valence-corrected chi connectivity index (χ1v) is 9.42. The van der Waals surface area contributed by atoms with Crippen LogP contribution in [0.3, 0.4) is 0 Å². The molecule has 0 aliphatic carbocycles. The molecule has 0 saturated carbocycles. The summed E-state index contributed by atoms with van der Waals surface area (Å²) in [6.45, 7) is 6.07. The van der Waals surface area contributed by atoms with Crippen molar-refractivity contribution in [3.8, 4) is 17.2 Å². The fraction of sp³-hybridized carbons (Fsp3) is 0.500. The van der Waals surface area contributed by atoms with E-state index in [1.807, 2.05) is 29.2 Å². The van der Waals surface area contributed by atoms with E-state index in [2.05, 4.69) is 24.0 Å². The van der Waals surface area contributed by atoms with Crippen molar-refractivity contribution in [1.82, 2.24) is 15.1 Å². The minimum Gasteiger partial charge on any atom is -0.497 e. The quantitative estimate of drug-likeness (QED) is 0.761. The molecule has 1 aromatic heterocycles. The first-order valence-electron chi connectivity index (χ1n) is 8.43. The molecule has 2 aromatic rings. The zero-order chi connectivity index (χ0) is 17.8. The lowest BCUT2D eigenvalue weighted by Gasteiger charge is -2.34. The van der Waals surface area contributed by atoms with Gasteiger partial charge in [-0.15, -0.1) is 10.2 Å². The van der Waals surface area contributed by atoms with Crippen LogP contribution in [0.25, 0.3) is 11.5 Å². The maximum absolute atomic E-state index is 12.4. The van der Waals surface area contributed by atoms with Crippen LogP contribution in [0.1, 0.15) is 20.3 Å². The molecule has 0 bridgehead atoms. The zero-order valence-corrected chi connectivity index (χ0v) is 15.6. The summed E-state index contributed by atoms with van der Waals surface area (Å²) in [4.78, 5) is 14.4. The summed E-state index contributed by atoms with van der Waals surface area (Å²) in [5, 5.41) is 8.49. The summed E-state index contributed by atoms with van der Waals surface area (Å²) in [5.74, 6) is 2.79. The van der Waals surface area contributed by atoms with Crippen LogP contribution in [-0.4, -0.2) is 47.0 Å². The molecule has 0 radical (unpaired) electrons. The SMILES string of the molecule is COc1ccc(-c2nnc(SCC(=O)N3C[C@H](C)C[C@H](C)C3)o2)cc1. The smallest absolute Gasteiger partial charge is 0.277 e. The molecule has 25 heavy (non-hydrogen) atoms. The van der Waals surface area contributed by atoms with E-state index >= 15 is 0 Å². The van der Waals surface area contributed by atoms with Gasteiger partial charge >= 0.3 is 0 Å². The van der Waals surface area contributed by atoms with Gasteiger partial charge < -0.3 is 14.1 Å². The Hall–Kier alpha value is -2.02. The molecule has 1 aliphatic heterocycles. The van der Waals surface area contributed by atoms with Crippen LogP contribution >= 0.6 is 11.8 Å². The summed E-state index contributed by atoms with van der Waals surface area (Å²) in [6, 6.07) is 7.41. The molecule has 1 aliphatic rings. The second kappa shape index (κ2) is 7.91. The lowest BCUT2D eigenvalue weighted by atomic mass is 9.92. The fourth-order valence-electron chi connectivity index (χ4n) is 3.20. The molecule has 2 atom stereocenters. The van der Waals surface area contributed by atoms with Crippen molar-refractivity contribution in [3.63, 3.8) is 0 Å². The third-order valence-electron chi connectivity index (χ3n) is 4.28. The summed E-state index contributed by atoms with van der Waals surface area (Å²) in [5.41, 5.74) is 0.824. The van der Waals surface area contributed by atoms with E-state index in [-0.39, 0.29) is 5.91 Å². The largest absolute Gasteiger partial charge is 0.497 e. The molecule has 0 unspecified atom stereocenters. The molecular formula is C18H23N3O3S. The van der Waals surface area contributed by atoms with Gasteiger partial charge in [0.1, 0.15) is 5.75 Å². The van der Waals surface area contributed by atoms with Crippen LogP contribution in [0.2, 0.25) is 0 Å². The predicted molar refractivity (Wildman–Crippen MR) is 96.5 cm³/mol. The lowest BCUT2D eigenvalue weighted by molar-refractivity contribution is -0.130.